The highest BCUT2D eigenvalue weighted by Crippen LogP contribution is 1.91. The highest BCUT2D eigenvalue weighted by Gasteiger charge is 2.09. The lowest BCUT2D eigenvalue weighted by Gasteiger charge is -2.18. The molecule has 0 aliphatic heterocycles. The van der Waals surface area contributed by atoms with Crippen LogP contribution in [0.4, 0.5) is 0 Å². The first-order valence-corrected chi connectivity index (χ1v) is 6.27. The Morgan fingerprint density at radius 1 is 1.40 bits per heavy atom. The maximum atomic E-state index is 10.5. The van der Waals surface area contributed by atoms with Crippen LogP contribution in [-0.2, 0) is 19.6 Å². The fourth-order valence-electron chi connectivity index (χ4n) is 0.991. The predicted molar refractivity (Wildman–Crippen MR) is 55.2 cm³/mol. The number of ether oxygens (including phenoxy) is 1. The number of hydrogen-bond donors (Lipinski definition) is 1. The molecule has 0 saturated carbocycles. The predicted octanol–water partition coefficient (Wildman–Crippen LogP) is -0.241. The standard InChI is InChI=1S/C8H17NO5S/c1-3-9(4-6-14-8(2)10)5-7-15(11,12)13/h3-7H2,1-2H3,(H,11,12,13). The number of nitrogens with zero attached hydrogens (tertiary/aromatic N) is 1. The van der Waals surface area contributed by atoms with Crippen LogP contribution in [0.1, 0.15) is 13.8 Å². The Hall–Kier alpha value is -0.660. The molecule has 0 aromatic rings. The third-order valence-corrected chi connectivity index (χ3v) is 2.52. The van der Waals surface area contributed by atoms with E-state index >= 15 is 0 Å². The van der Waals surface area contributed by atoms with E-state index in [2.05, 4.69) is 0 Å². The number of esters is 1. The second-order valence-electron chi connectivity index (χ2n) is 3.06. The molecule has 7 heteroatoms. The second-order valence-corrected chi connectivity index (χ2v) is 4.63. The summed E-state index contributed by atoms with van der Waals surface area (Å²) in [6.45, 7) is 4.74. The molecular formula is C8H17NO5S. The number of likely N-dealkylation sites (N-methyl/N-ethyl adjacent to an activating group) is 1. The molecule has 0 radical (unpaired) electrons. The Labute approximate surface area is 90.0 Å². The van der Waals surface area contributed by atoms with Gasteiger partial charge in [-0.25, -0.2) is 0 Å². The highest BCUT2D eigenvalue weighted by molar-refractivity contribution is 7.85. The van der Waals surface area contributed by atoms with Gasteiger partial charge in [0.2, 0.25) is 0 Å². The molecule has 0 atom stereocenters. The Morgan fingerprint density at radius 2 is 2.00 bits per heavy atom. The maximum Gasteiger partial charge on any atom is 0.302 e. The Kier molecular flexibility index (Phi) is 6.46. The summed E-state index contributed by atoms with van der Waals surface area (Å²) in [5.74, 6) is -0.665. The van der Waals surface area contributed by atoms with Crippen molar-refractivity contribution in [2.24, 2.45) is 0 Å². The number of hydrogen-bond acceptors (Lipinski definition) is 5. The first-order chi connectivity index (χ1) is 6.85. The minimum absolute atomic E-state index is 0.231. The van der Waals surface area contributed by atoms with Crippen molar-refractivity contribution in [2.75, 3.05) is 32.0 Å². The van der Waals surface area contributed by atoms with Gasteiger partial charge in [-0.1, -0.05) is 6.92 Å². The van der Waals surface area contributed by atoms with Gasteiger partial charge in [0.05, 0.1) is 5.75 Å². The van der Waals surface area contributed by atoms with Crippen LogP contribution >= 0.6 is 0 Å². The molecular weight excluding hydrogens is 222 g/mol. The Balaban J connectivity index is 3.78. The lowest BCUT2D eigenvalue weighted by atomic mass is 10.5. The molecule has 0 fully saturated rings. The zero-order valence-electron chi connectivity index (χ0n) is 8.97. The summed E-state index contributed by atoms with van der Waals surface area (Å²) in [4.78, 5) is 12.2. The number of carbonyl (C=O) groups is 1. The molecule has 0 bridgehead atoms. The molecule has 0 heterocycles. The van der Waals surface area contributed by atoms with E-state index in [0.29, 0.717) is 13.1 Å². The van der Waals surface area contributed by atoms with Crippen molar-refractivity contribution in [3.8, 4) is 0 Å². The van der Waals surface area contributed by atoms with Crippen LogP contribution in [0.25, 0.3) is 0 Å². The lowest BCUT2D eigenvalue weighted by molar-refractivity contribution is -0.141. The molecule has 0 aliphatic rings. The van der Waals surface area contributed by atoms with E-state index in [1.807, 2.05) is 6.92 Å². The van der Waals surface area contributed by atoms with Gasteiger partial charge in [0, 0.05) is 20.0 Å². The molecule has 15 heavy (non-hydrogen) atoms. The summed E-state index contributed by atoms with van der Waals surface area (Å²) < 4.78 is 34.2. The summed E-state index contributed by atoms with van der Waals surface area (Å²) in [5.41, 5.74) is 0. The van der Waals surface area contributed by atoms with Crippen molar-refractivity contribution in [3.63, 3.8) is 0 Å². The summed E-state index contributed by atoms with van der Waals surface area (Å²) >= 11 is 0. The third kappa shape index (κ3) is 9.64. The molecule has 0 spiro atoms. The minimum Gasteiger partial charge on any atom is -0.465 e. The first-order valence-electron chi connectivity index (χ1n) is 4.66. The van der Waals surface area contributed by atoms with E-state index in [0.717, 1.165) is 0 Å². The van der Waals surface area contributed by atoms with Crippen LogP contribution in [0.15, 0.2) is 0 Å². The molecule has 0 amide bonds. The van der Waals surface area contributed by atoms with Gasteiger partial charge in [-0.05, 0) is 6.54 Å². The van der Waals surface area contributed by atoms with E-state index in [-0.39, 0.29) is 24.9 Å². The Morgan fingerprint density at radius 3 is 2.40 bits per heavy atom. The average Bonchev–Trinajstić information content (AvgIpc) is 2.08. The normalized spacial score (nSPS) is 11.7. The van der Waals surface area contributed by atoms with Crippen LogP contribution in [-0.4, -0.2) is 55.8 Å². The molecule has 0 rings (SSSR count). The summed E-state index contributed by atoms with van der Waals surface area (Å²) in [7, 11) is -3.92. The molecule has 0 saturated heterocycles. The first kappa shape index (κ1) is 14.3. The lowest BCUT2D eigenvalue weighted by Crippen LogP contribution is -2.32. The monoisotopic (exact) mass is 239 g/mol. The van der Waals surface area contributed by atoms with E-state index in [1.54, 1.807) is 4.90 Å². The summed E-state index contributed by atoms with van der Waals surface area (Å²) in [6.07, 6.45) is 0. The summed E-state index contributed by atoms with van der Waals surface area (Å²) in [5, 5.41) is 0. The van der Waals surface area contributed by atoms with Gasteiger partial charge in [-0.3, -0.25) is 14.2 Å². The van der Waals surface area contributed by atoms with Crippen molar-refractivity contribution in [1.82, 2.24) is 4.90 Å². The molecule has 90 valence electrons. The molecule has 0 aliphatic carbocycles. The smallest absolute Gasteiger partial charge is 0.302 e. The minimum atomic E-state index is -3.92. The largest absolute Gasteiger partial charge is 0.465 e. The molecule has 0 aromatic heterocycles. The van der Waals surface area contributed by atoms with E-state index in [9.17, 15) is 13.2 Å². The zero-order valence-corrected chi connectivity index (χ0v) is 9.79. The SMILES string of the molecule is CCN(CCOC(C)=O)CCS(=O)(=O)O. The average molecular weight is 239 g/mol. The number of rotatable bonds is 7. The topological polar surface area (TPSA) is 83.9 Å². The molecule has 1 N–H and O–H groups in total. The second kappa shape index (κ2) is 6.76. The fourth-order valence-corrected chi connectivity index (χ4v) is 1.48. The van der Waals surface area contributed by atoms with Crippen LogP contribution in [0.3, 0.4) is 0 Å². The molecule has 0 aromatic carbocycles. The molecule has 0 unspecified atom stereocenters. The van der Waals surface area contributed by atoms with Gasteiger partial charge in [0.15, 0.2) is 0 Å². The van der Waals surface area contributed by atoms with Crippen molar-refractivity contribution in [1.29, 1.82) is 0 Å². The van der Waals surface area contributed by atoms with Gasteiger partial charge in [-0.15, -0.1) is 0 Å². The Bertz CT molecular complexity index is 287. The third-order valence-electron chi connectivity index (χ3n) is 1.83. The molecule has 6 nitrogen and oxygen atoms in total. The van der Waals surface area contributed by atoms with Gasteiger partial charge in [-0.2, -0.15) is 8.42 Å². The van der Waals surface area contributed by atoms with E-state index in [4.69, 9.17) is 9.29 Å². The quantitative estimate of drug-likeness (QED) is 0.487. The fraction of sp³-hybridized carbons (Fsp3) is 0.875. The van der Waals surface area contributed by atoms with Gasteiger partial charge in [0.25, 0.3) is 10.1 Å². The van der Waals surface area contributed by atoms with Crippen LogP contribution < -0.4 is 0 Å². The number of carbonyl (C=O) groups excluding carboxylic acids is 1. The zero-order chi connectivity index (χ0) is 11.9. The highest BCUT2D eigenvalue weighted by atomic mass is 32.2. The van der Waals surface area contributed by atoms with Crippen LogP contribution in [0.2, 0.25) is 0 Å². The van der Waals surface area contributed by atoms with Crippen molar-refractivity contribution < 1.29 is 22.5 Å². The van der Waals surface area contributed by atoms with Gasteiger partial charge >= 0.3 is 5.97 Å². The van der Waals surface area contributed by atoms with Crippen molar-refractivity contribution in [3.05, 3.63) is 0 Å². The van der Waals surface area contributed by atoms with Crippen molar-refractivity contribution >= 4 is 16.1 Å². The maximum absolute atomic E-state index is 10.5. The van der Waals surface area contributed by atoms with Crippen LogP contribution in [0.5, 0.6) is 0 Å². The summed E-state index contributed by atoms with van der Waals surface area (Å²) in [6, 6.07) is 0. The van der Waals surface area contributed by atoms with Crippen LogP contribution in [0, 0.1) is 0 Å². The van der Waals surface area contributed by atoms with Gasteiger partial charge in [0.1, 0.15) is 6.61 Å². The van der Waals surface area contributed by atoms with E-state index in [1.165, 1.54) is 6.92 Å². The van der Waals surface area contributed by atoms with E-state index < -0.39 is 10.1 Å². The van der Waals surface area contributed by atoms with Gasteiger partial charge < -0.3 is 4.74 Å². The van der Waals surface area contributed by atoms with Crippen molar-refractivity contribution in [2.45, 2.75) is 13.8 Å².